The lowest BCUT2D eigenvalue weighted by atomic mass is 10.0. The number of aliphatic carboxylic acids is 1. The fraction of sp³-hybridized carbons (Fsp3) is 0.348. The quantitative estimate of drug-likeness (QED) is 0.598. The summed E-state index contributed by atoms with van der Waals surface area (Å²) in [5, 5.41) is 19.8. The van der Waals surface area contributed by atoms with Crippen LogP contribution in [0.2, 0.25) is 0 Å². The highest BCUT2D eigenvalue weighted by Gasteiger charge is 2.29. The molecular weight excluding hydrogens is 356 g/mol. The highest BCUT2D eigenvalue weighted by molar-refractivity contribution is 5.87. The van der Waals surface area contributed by atoms with Gasteiger partial charge >= 0.3 is 5.97 Å². The Morgan fingerprint density at radius 1 is 1.04 bits per heavy atom. The zero-order valence-electron chi connectivity index (χ0n) is 15.5. The van der Waals surface area contributed by atoms with Crippen molar-refractivity contribution >= 4 is 16.9 Å². The normalized spacial score (nSPS) is 16.4. The van der Waals surface area contributed by atoms with E-state index in [1.807, 2.05) is 24.3 Å². The van der Waals surface area contributed by atoms with Crippen molar-refractivity contribution < 1.29 is 24.2 Å². The van der Waals surface area contributed by atoms with Crippen LogP contribution in [0.5, 0.6) is 11.5 Å². The first-order valence-corrected chi connectivity index (χ1v) is 9.79. The van der Waals surface area contributed by atoms with Crippen molar-refractivity contribution in [1.82, 2.24) is 0 Å². The van der Waals surface area contributed by atoms with Gasteiger partial charge in [-0.15, -0.1) is 0 Å². The number of hydrogen-bond donors (Lipinski definition) is 2. The molecule has 144 valence electrons. The van der Waals surface area contributed by atoms with E-state index in [1.54, 1.807) is 6.07 Å². The fourth-order valence-electron chi connectivity index (χ4n) is 3.91. The van der Waals surface area contributed by atoms with Gasteiger partial charge < -0.3 is 19.4 Å². The minimum Gasteiger partial charge on any atom is -0.508 e. The largest absolute Gasteiger partial charge is 0.508 e. The molecule has 5 heteroatoms. The Morgan fingerprint density at radius 3 is 2.50 bits per heavy atom. The number of phenols is 1. The van der Waals surface area contributed by atoms with Gasteiger partial charge in [-0.3, -0.25) is 4.79 Å². The molecule has 1 aromatic heterocycles. The number of phenolic OH excluding ortho intramolecular Hbond substituents is 1. The first kappa shape index (κ1) is 17.2. The summed E-state index contributed by atoms with van der Waals surface area (Å²) in [6.07, 6.45) is 6.06. The first-order valence-electron chi connectivity index (χ1n) is 9.79. The van der Waals surface area contributed by atoms with Crippen molar-refractivity contribution in [3.05, 3.63) is 58.8 Å². The summed E-state index contributed by atoms with van der Waals surface area (Å²) in [6.45, 7) is 0.444. The minimum absolute atomic E-state index is 0.0461. The van der Waals surface area contributed by atoms with E-state index in [1.165, 1.54) is 11.8 Å². The van der Waals surface area contributed by atoms with Crippen LogP contribution in [-0.4, -0.2) is 16.2 Å². The Balaban J connectivity index is 1.46. The van der Waals surface area contributed by atoms with Gasteiger partial charge in [-0.05, 0) is 72.4 Å². The Labute approximate surface area is 162 Å². The van der Waals surface area contributed by atoms with Crippen molar-refractivity contribution in [2.45, 2.75) is 50.5 Å². The standard InChI is InChI=1S/C23H22O5/c24-17-6-5-15(18(8-17)13-1-2-13)11-27-21-10-22-20(9-19(21)14-3-4-14)16(12-28-22)7-23(25)26/h5-6,8-10,12-14,24H,1-4,7,11H2,(H,25,26). The Kier molecular flexibility index (Phi) is 4.04. The second kappa shape index (κ2) is 6.59. The van der Waals surface area contributed by atoms with Crippen molar-refractivity contribution in [1.29, 1.82) is 0 Å². The van der Waals surface area contributed by atoms with E-state index in [2.05, 4.69) is 0 Å². The second-order valence-electron chi connectivity index (χ2n) is 7.94. The van der Waals surface area contributed by atoms with Gasteiger partial charge in [0.15, 0.2) is 0 Å². The van der Waals surface area contributed by atoms with Crippen LogP contribution >= 0.6 is 0 Å². The molecule has 0 saturated heterocycles. The molecule has 2 fully saturated rings. The van der Waals surface area contributed by atoms with Gasteiger partial charge in [0.2, 0.25) is 0 Å². The van der Waals surface area contributed by atoms with Crippen LogP contribution in [0.15, 0.2) is 41.0 Å². The van der Waals surface area contributed by atoms with E-state index in [9.17, 15) is 9.90 Å². The SMILES string of the molecule is O=C(O)Cc1coc2cc(OCc3ccc(O)cc3C3CC3)c(C3CC3)cc12. The van der Waals surface area contributed by atoms with Gasteiger partial charge in [-0.1, -0.05) is 6.07 Å². The molecule has 0 bridgehead atoms. The molecule has 0 amide bonds. The third-order valence-corrected chi connectivity index (χ3v) is 5.67. The molecule has 5 nitrogen and oxygen atoms in total. The second-order valence-corrected chi connectivity index (χ2v) is 7.94. The summed E-state index contributed by atoms with van der Waals surface area (Å²) in [5.41, 5.74) is 4.77. The number of fused-ring (bicyclic) bond motifs is 1. The third kappa shape index (κ3) is 3.33. The van der Waals surface area contributed by atoms with Crippen LogP contribution in [0, 0.1) is 0 Å². The van der Waals surface area contributed by atoms with E-state index in [4.69, 9.17) is 14.3 Å². The van der Waals surface area contributed by atoms with Gasteiger partial charge in [0, 0.05) is 17.0 Å². The van der Waals surface area contributed by atoms with Gasteiger partial charge in [-0.25, -0.2) is 0 Å². The number of aromatic hydroxyl groups is 1. The smallest absolute Gasteiger partial charge is 0.307 e. The number of carboxylic acid groups (broad SMARTS) is 1. The topological polar surface area (TPSA) is 79.9 Å². The lowest BCUT2D eigenvalue weighted by Crippen LogP contribution is -2.02. The molecule has 0 radical (unpaired) electrons. The molecule has 2 saturated carbocycles. The zero-order valence-corrected chi connectivity index (χ0v) is 15.5. The van der Waals surface area contributed by atoms with Crippen molar-refractivity contribution in [3.63, 3.8) is 0 Å². The summed E-state index contributed by atoms with van der Waals surface area (Å²) in [6, 6.07) is 9.44. The molecule has 5 rings (SSSR count). The van der Waals surface area contributed by atoms with Gasteiger partial charge in [0.1, 0.15) is 23.7 Å². The monoisotopic (exact) mass is 378 g/mol. The molecule has 3 aromatic rings. The molecule has 0 atom stereocenters. The molecular formula is C23H22O5. The van der Waals surface area contributed by atoms with Gasteiger partial charge in [-0.2, -0.15) is 0 Å². The first-order chi connectivity index (χ1) is 13.6. The molecule has 0 aliphatic heterocycles. The zero-order chi connectivity index (χ0) is 19.3. The average molecular weight is 378 g/mol. The van der Waals surface area contributed by atoms with Gasteiger partial charge in [0.25, 0.3) is 0 Å². The lowest BCUT2D eigenvalue weighted by molar-refractivity contribution is -0.136. The van der Waals surface area contributed by atoms with Crippen molar-refractivity contribution in [2.75, 3.05) is 0 Å². The molecule has 2 aliphatic carbocycles. The van der Waals surface area contributed by atoms with Crippen LogP contribution in [0.25, 0.3) is 11.0 Å². The predicted octanol–water partition coefficient (Wildman–Crippen LogP) is 5.10. The average Bonchev–Trinajstić information content (AvgIpc) is 3.58. The maximum absolute atomic E-state index is 11.1. The molecule has 28 heavy (non-hydrogen) atoms. The minimum atomic E-state index is -0.865. The molecule has 2 N–H and O–H groups in total. The van der Waals surface area contributed by atoms with E-state index in [0.29, 0.717) is 35.3 Å². The maximum Gasteiger partial charge on any atom is 0.307 e. The van der Waals surface area contributed by atoms with Crippen molar-refractivity contribution in [3.8, 4) is 11.5 Å². The number of carboxylic acids is 1. The summed E-state index contributed by atoms with van der Waals surface area (Å²) in [4.78, 5) is 11.1. The number of hydrogen-bond acceptors (Lipinski definition) is 4. The number of carbonyl (C=O) groups is 1. The van der Waals surface area contributed by atoms with E-state index in [-0.39, 0.29) is 6.42 Å². The highest BCUT2D eigenvalue weighted by atomic mass is 16.5. The van der Waals surface area contributed by atoms with Crippen LogP contribution in [0.4, 0.5) is 0 Å². The highest BCUT2D eigenvalue weighted by Crippen LogP contribution is 2.47. The van der Waals surface area contributed by atoms with Crippen LogP contribution in [-0.2, 0) is 17.8 Å². The number of benzene rings is 2. The van der Waals surface area contributed by atoms with E-state index < -0.39 is 5.97 Å². The predicted molar refractivity (Wildman–Crippen MR) is 104 cm³/mol. The molecule has 0 spiro atoms. The summed E-state index contributed by atoms with van der Waals surface area (Å²) < 4.78 is 11.8. The van der Waals surface area contributed by atoms with Crippen LogP contribution < -0.4 is 4.74 Å². The Hall–Kier alpha value is -2.95. The van der Waals surface area contributed by atoms with Crippen molar-refractivity contribution in [2.24, 2.45) is 0 Å². The molecule has 2 aromatic carbocycles. The Bertz CT molecular complexity index is 1060. The van der Waals surface area contributed by atoms with E-state index in [0.717, 1.165) is 47.9 Å². The molecule has 1 heterocycles. The summed E-state index contributed by atoms with van der Waals surface area (Å²) >= 11 is 0. The summed E-state index contributed by atoms with van der Waals surface area (Å²) in [7, 11) is 0. The number of rotatable bonds is 7. The Morgan fingerprint density at radius 2 is 1.79 bits per heavy atom. The van der Waals surface area contributed by atoms with Crippen LogP contribution in [0.3, 0.4) is 0 Å². The van der Waals surface area contributed by atoms with Gasteiger partial charge in [0.05, 0.1) is 12.7 Å². The maximum atomic E-state index is 11.1. The number of ether oxygens (including phenoxy) is 1. The molecule has 2 aliphatic rings. The third-order valence-electron chi connectivity index (χ3n) is 5.67. The lowest BCUT2D eigenvalue weighted by Gasteiger charge is -2.14. The summed E-state index contributed by atoms with van der Waals surface area (Å²) in [5.74, 6) is 1.23. The molecule has 0 unspecified atom stereocenters. The van der Waals surface area contributed by atoms with Crippen LogP contribution in [0.1, 0.15) is 59.8 Å². The van der Waals surface area contributed by atoms with E-state index >= 15 is 0 Å². The fourth-order valence-corrected chi connectivity index (χ4v) is 3.91. The number of furan rings is 1.